The third-order valence-electron chi connectivity index (χ3n) is 6.30. The van der Waals surface area contributed by atoms with E-state index in [1.54, 1.807) is 4.90 Å². The van der Waals surface area contributed by atoms with E-state index >= 15 is 0 Å². The van der Waals surface area contributed by atoms with Crippen LogP contribution in [0.5, 0.6) is 0 Å². The van der Waals surface area contributed by atoms with Crippen molar-refractivity contribution >= 4 is 23.2 Å². The van der Waals surface area contributed by atoms with Crippen LogP contribution in [0, 0.1) is 11.7 Å². The molecule has 1 saturated heterocycles. The summed E-state index contributed by atoms with van der Waals surface area (Å²) in [5.74, 6) is -0.579. The Labute approximate surface area is 181 Å². The molecule has 0 radical (unpaired) electrons. The third-order valence-corrected chi connectivity index (χ3v) is 6.30. The average molecular weight is 445 g/mol. The minimum atomic E-state index is -4.38. The van der Waals surface area contributed by atoms with Gasteiger partial charge in [-0.1, -0.05) is 18.2 Å². The van der Waals surface area contributed by atoms with Crippen molar-refractivity contribution in [2.24, 2.45) is 5.92 Å². The highest BCUT2D eigenvalue weighted by Crippen LogP contribution is 2.43. The molecule has 2 heterocycles. The Hall–Kier alpha value is -3.36. The molecule has 0 spiro atoms. The molecular formula is C23H19F4N3O2. The number of alkyl halides is 3. The zero-order valence-electron chi connectivity index (χ0n) is 16.8. The van der Waals surface area contributed by atoms with Crippen LogP contribution in [0.4, 0.5) is 28.0 Å². The Kier molecular flexibility index (Phi) is 4.72. The summed E-state index contributed by atoms with van der Waals surface area (Å²) in [6, 6.07) is 8.61. The molecule has 0 unspecified atom stereocenters. The Morgan fingerprint density at radius 3 is 2.53 bits per heavy atom. The van der Waals surface area contributed by atoms with E-state index in [4.69, 9.17) is 0 Å². The molecule has 1 fully saturated rings. The molecule has 2 aliphatic heterocycles. The number of hydrogen-bond acceptors (Lipinski definition) is 2. The van der Waals surface area contributed by atoms with Gasteiger partial charge < -0.3 is 15.1 Å². The summed E-state index contributed by atoms with van der Waals surface area (Å²) in [6.07, 6.45) is -1.74. The lowest BCUT2D eigenvalue weighted by atomic mass is 9.94. The van der Waals surface area contributed by atoms with Crippen LogP contribution < -0.4 is 5.32 Å². The van der Waals surface area contributed by atoms with Crippen LogP contribution in [0.1, 0.15) is 23.1 Å². The maximum atomic E-state index is 13.5. The van der Waals surface area contributed by atoms with Crippen LogP contribution in [0.3, 0.4) is 0 Å². The van der Waals surface area contributed by atoms with Crippen molar-refractivity contribution in [3.8, 4) is 0 Å². The number of likely N-dealkylation sites (tertiary alicyclic amines) is 1. The zero-order chi connectivity index (χ0) is 22.6. The van der Waals surface area contributed by atoms with Gasteiger partial charge in [-0.3, -0.25) is 4.79 Å². The number of hydrogen-bond donors (Lipinski definition) is 1. The normalized spacial score (nSPS) is 22.0. The average Bonchev–Trinajstić information content (AvgIpc) is 3.35. The van der Waals surface area contributed by atoms with Gasteiger partial charge in [0.1, 0.15) is 12.4 Å². The molecule has 3 amide bonds. The van der Waals surface area contributed by atoms with E-state index in [1.807, 2.05) is 6.08 Å². The summed E-state index contributed by atoms with van der Waals surface area (Å²) >= 11 is 0. The van der Waals surface area contributed by atoms with E-state index in [0.29, 0.717) is 24.2 Å². The Bertz CT molecular complexity index is 1130. The van der Waals surface area contributed by atoms with Gasteiger partial charge in [0.25, 0.3) is 0 Å². The van der Waals surface area contributed by atoms with Gasteiger partial charge in [0.2, 0.25) is 5.91 Å². The first-order valence-corrected chi connectivity index (χ1v) is 10.2. The first-order valence-electron chi connectivity index (χ1n) is 10.2. The highest BCUT2D eigenvalue weighted by atomic mass is 19.4. The molecule has 9 heteroatoms. The second-order valence-corrected chi connectivity index (χ2v) is 8.33. The smallest absolute Gasteiger partial charge is 0.334 e. The van der Waals surface area contributed by atoms with Crippen LogP contribution >= 0.6 is 0 Å². The second kappa shape index (κ2) is 7.36. The number of nitrogens with one attached hydrogen (secondary N) is 1. The quantitative estimate of drug-likeness (QED) is 0.707. The molecule has 3 aliphatic rings. The van der Waals surface area contributed by atoms with Crippen molar-refractivity contribution in [1.29, 1.82) is 0 Å². The lowest BCUT2D eigenvalue weighted by Gasteiger charge is -2.32. The number of urea groups is 1. The topological polar surface area (TPSA) is 52.7 Å². The van der Waals surface area contributed by atoms with Gasteiger partial charge in [0, 0.05) is 18.2 Å². The molecule has 1 N–H and O–H groups in total. The Morgan fingerprint density at radius 2 is 1.88 bits per heavy atom. The molecule has 2 aromatic rings. The van der Waals surface area contributed by atoms with E-state index in [1.165, 1.54) is 35.2 Å². The number of rotatable bonds is 3. The summed E-state index contributed by atoms with van der Waals surface area (Å²) in [7, 11) is 0. The lowest BCUT2D eigenvalue weighted by Crippen LogP contribution is -2.47. The minimum absolute atomic E-state index is 0.0469. The summed E-state index contributed by atoms with van der Waals surface area (Å²) in [5, 5.41) is 2.67. The number of fused-ring (bicyclic) bond motifs is 3. The first-order chi connectivity index (χ1) is 15.2. The van der Waals surface area contributed by atoms with E-state index < -0.39 is 23.6 Å². The monoisotopic (exact) mass is 445 g/mol. The van der Waals surface area contributed by atoms with Crippen LogP contribution in [0.25, 0.3) is 5.57 Å². The van der Waals surface area contributed by atoms with Crippen LogP contribution in [-0.2, 0) is 17.5 Å². The van der Waals surface area contributed by atoms with Crippen LogP contribution in [-0.4, -0.2) is 40.9 Å². The molecule has 5 nitrogen and oxygen atoms in total. The molecule has 0 aromatic heterocycles. The van der Waals surface area contributed by atoms with Crippen molar-refractivity contribution in [2.75, 3.05) is 18.4 Å². The van der Waals surface area contributed by atoms with Crippen LogP contribution in [0.2, 0.25) is 0 Å². The van der Waals surface area contributed by atoms with Crippen molar-refractivity contribution in [2.45, 2.75) is 25.2 Å². The number of benzene rings is 2. The van der Waals surface area contributed by atoms with Crippen molar-refractivity contribution in [3.05, 3.63) is 71.0 Å². The predicted molar refractivity (Wildman–Crippen MR) is 109 cm³/mol. The molecule has 2 bridgehead atoms. The van der Waals surface area contributed by atoms with Gasteiger partial charge in [0.15, 0.2) is 0 Å². The molecule has 2 aromatic carbocycles. The SMILES string of the molecule is O=C1Nc2ccc(F)cc2CN1CC(=O)N1C[C@H]2C[C@@H]1C=C2c1ccc(C(F)(F)F)cc1. The van der Waals surface area contributed by atoms with Gasteiger partial charge in [-0.25, -0.2) is 9.18 Å². The number of carbonyl (C=O) groups excluding carboxylic acids is 2. The van der Waals surface area contributed by atoms with E-state index in [9.17, 15) is 27.2 Å². The van der Waals surface area contributed by atoms with E-state index in [0.717, 1.165) is 23.3 Å². The molecule has 1 aliphatic carbocycles. The molecule has 2 atom stereocenters. The van der Waals surface area contributed by atoms with Gasteiger partial charge in [-0.15, -0.1) is 0 Å². The number of amides is 3. The predicted octanol–water partition coefficient (Wildman–Crippen LogP) is 4.51. The molecule has 0 saturated carbocycles. The van der Waals surface area contributed by atoms with Gasteiger partial charge in [0.05, 0.1) is 18.2 Å². The summed E-state index contributed by atoms with van der Waals surface area (Å²) in [4.78, 5) is 28.3. The number of nitrogens with zero attached hydrogens (tertiary/aromatic N) is 2. The fraction of sp³-hybridized carbons (Fsp3) is 0.304. The fourth-order valence-corrected chi connectivity index (χ4v) is 4.73. The Morgan fingerprint density at radius 1 is 1.12 bits per heavy atom. The fourth-order valence-electron chi connectivity index (χ4n) is 4.73. The molecule has 32 heavy (non-hydrogen) atoms. The zero-order valence-corrected chi connectivity index (χ0v) is 16.8. The standard InChI is InChI=1S/C23H19F4N3O2/c24-17-5-6-20-15(7-17)10-29(22(32)28-20)12-21(31)30-11-14-8-18(30)9-19(14)13-1-3-16(4-2-13)23(25,26)27/h1-7,9,14,18H,8,10-12H2,(H,28,32)/t14-,18-/m1/s1. The number of carbonyl (C=O) groups is 2. The van der Waals surface area contributed by atoms with E-state index in [2.05, 4.69) is 5.32 Å². The maximum absolute atomic E-state index is 13.5. The molecular weight excluding hydrogens is 426 g/mol. The molecule has 166 valence electrons. The Balaban J connectivity index is 1.26. The molecule has 5 rings (SSSR count). The van der Waals surface area contributed by atoms with Crippen molar-refractivity contribution < 1.29 is 27.2 Å². The minimum Gasteiger partial charge on any atom is -0.334 e. The highest BCUT2D eigenvalue weighted by molar-refractivity contribution is 5.95. The largest absolute Gasteiger partial charge is 0.416 e. The maximum Gasteiger partial charge on any atom is 0.416 e. The third kappa shape index (κ3) is 3.61. The van der Waals surface area contributed by atoms with Gasteiger partial charge in [-0.2, -0.15) is 13.2 Å². The summed E-state index contributed by atoms with van der Waals surface area (Å²) < 4.78 is 51.9. The van der Waals surface area contributed by atoms with Gasteiger partial charge in [-0.05, 0) is 53.5 Å². The lowest BCUT2D eigenvalue weighted by molar-refractivity contribution is -0.137. The van der Waals surface area contributed by atoms with Gasteiger partial charge >= 0.3 is 12.2 Å². The summed E-state index contributed by atoms with van der Waals surface area (Å²) in [6.45, 7) is 0.463. The van der Waals surface area contributed by atoms with Crippen molar-refractivity contribution in [3.63, 3.8) is 0 Å². The highest BCUT2D eigenvalue weighted by Gasteiger charge is 2.42. The van der Waals surface area contributed by atoms with Crippen LogP contribution in [0.15, 0.2) is 48.5 Å². The van der Waals surface area contributed by atoms with Crippen molar-refractivity contribution in [1.82, 2.24) is 9.80 Å². The number of halogens is 4. The summed E-state index contributed by atoms with van der Waals surface area (Å²) in [5.41, 5.74) is 2.12. The number of anilines is 1. The first kappa shape index (κ1) is 20.5. The van der Waals surface area contributed by atoms with E-state index in [-0.39, 0.29) is 31.0 Å². The second-order valence-electron chi connectivity index (χ2n) is 8.33.